The normalized spacial score (nSPS) is 12.1. The number of amides is 1. The Morgan fingerprint density at radius 1 is 1.00 bits per heavy atom. The number of aromatic nitrogens is 1. The second kappa shape index (κ2) is 5.07. The van der Waals surface area contributed by atoms with Gasteiger partial charge in [0.25, 0.3) is 0 Å². The fourth-order valence-electron chi connectivity index (χ4n) is 1.48. The van der Waals surface area contributed by atoms with Crippen molar-refractivity contribution < 1.29 is 4.79 Å². The first-order chi connectivity index (χ1) is 7.86. The SMILES string of the molecule is O=C1Cc2ccccc2N1.c1ccncc1. The van der Waals surface area contributed by atoms with Gasteiger partial charge in [0.2, 0.25) is 5.91 Å². The highest BCUT2D eigenvalue weighted by molar-refractivity contribution is 5.98. The predicted octanol–water partition coefficient (Wildman–Crippen LogP) is 2.26. The second-order valence-corrected chi connectivity index (χ2v) is 3.41. The van der Waals surface area contributed by atoms with Gasteiger partial charge in [-0.05, 0) is 23.8 Å². The Labute approximate surface area is 94.1 Å². The molecule has 0 fully saturated rings. The Bertz CT molecular complexity index is 415. The molecular weight excluding hydrogens is 200 g/mol. The summed E-state index contributed by atoms with van der Waals surface area (Å²) in [6.07, 6.45) is 4.04. The summed E-state index contributed by atoms with van der Waals surface area (Å²) >= 11 is 0. The smallest absolute Gasteiger partial charge is 0.228 e. The number of pyridine rings is 1. The Hall–Kier alpha value is -2.16. The van der Waals surface area contributed by atoms with E-state index < -0.39 is 0 Å². The monoisotopic (exact) mass is 212 g/mol. The number of carbonyl (C=O) groups excluding carboxylic acids is 1. The minimum atomic E-state index is 0.0983. The summed E-state index contributed by atoms with van der Waals surface area (Å²) < 4.78 is 0. The average molecular weight is 212 g/mol. The van der Waals surface area contributed by atoms with Gasteiger partial charge in [0.1, 0.15) is 0 Å². The van der Waals surface area contributed by atoms with Crippen molar-refractivity contribution in [2.45, 2.75) is 6.42 Å². The van der Waals surface area contributed by atoms with E-state index in [0.29, 0.717) is 6.42 Å². The molecule has 1 amide bonds. The summed E-state index contributed by atoms with van der Waals surface area (Å²) in [4.78, 5) is 14.6. The lowest BCUT2D eigenvalue weighted by atomic mass is 10.2. The maximum absolute atomic E-state index is 10.8. The number of benzene rings is 1. The maximum atomic E-state index is 10.8. The molecule has 3 nitrogen and oxygen atoms in total. The van der Waals surface area contributed by atoms with Crippen LogP contribution in [0.25, 0.3) is 0 Å². The summed E-state index contributed by atoms with van der Waals surface area (Å²) in [5.41, 5.74) is 2.07. The van der Waals surface area contributed by atoms with Gasteiger partial charge in [0.15, 0.2) is 0 Å². The van der Waals surface area contributed by atoms with Gasteiger partial charge in [-0.25, -0.2) is 0 Å². The van der Waals surface area contributed by atoms with Crippen LogP contribution in [0.2, 0.25) is 0 Å². The summed E-state index contributed by atoms with van der Waals surface area (Å²) in [5.74, 6) is 0.0983. The molecule has 0 radical (unpaired) electrons. The molecule has 3 heteroatoms. The lowest BCUT2D eigenvalue weighted by Gasteiger charge is -1.93. The molecule has 0 spiro atoms. The number of hydrogen-bond donors (Lipinski definition) is 1. The van der Waals surface area contributed by atoms with Crippen LogP contribution in [0.15, 0.2) is 54.9 Å². The largest absolute Gasteiger partial charge is 0.326 e. The zero-order valence-corrected chi connectivity index (χ0v) is 8.76. The highest BCUT2D eigenvalue weighted by Gasteiger charge is 2.15. The van der Waals surface area contributed by atoms with E-state index in [0.717, 1.165) is 11.3 Å². The van der Waals surface area contributed by atoms with E-state index in [1.807, 2.05) is 42.5 Å². The first kappa shape index (κ1) is 10.4. The molecule has 0 bridgehead atoms. The third kappa shape index (κ3) is 2.67. The molecule has 0 saturated heterocycles. The van der Waals surface area contributed by atoms with Gasteiger partial charge in [-0.3, -0.25) is 9.78 Å². The molecule has 3 rings (SSSR count). The van der Waals surface area contributed by atoms with Crippen molar-refractivity contribution in [2.75, 3.05) is 5.32 Å². The summed E-state index contributed by atoms with van der Waals surface area (Å²) in [7, 11) is 0. The van der Waals surface area contributed by atoms with Crippen molar-refractivity contribution in [2.24, 2.45) is 0 Å². The first-order valence-electron chi connectivity index (χ1n) is 5.09. The molecule has 0 atom stereocenters. The van der Waals surface area contributed by atoms with Gasteiger partial charge in [0, 0.05) is 18.1 Å². The molecule has 2 heterocycles. The fraction of sp³-hybridized carbons (Fsp3) is 0.0769. The molecule has 1 aliphatic rings. The van der Waals surface area contributed by atoms with Crippen LogP contribution in [-0.4, -0.2) is 10.9 Å². The number of nitrogens with one attached hydrogen (secondary N) is 1. The van der Waals surface area contributed by atoms with Gasteiger partial charge < -0.3 is 5.32 Å². The molecule has 0 unspecified atom stereocenters. The number of hydrogen-bond acceptors (Lipinski definition) is 2. The van der Waals surface area contributed by atoms with Crippen LogP contribution in [0.1, 0.15) is 5.56 Å². The number of para-hydroxylation sites is 1. The Kier molecular flexibility index (Phi) is 3.28. The molecule has 80 valence electrons. The second-order valence-electron chi connectivity index (χ2n) is 3.41. The van der Waals surface area contributed by atoms with E-state index in [4.69, 9.17) is 0 Å². The zero-order chi connectivity index (χ0) is 11.2. The van der Waals surface area contributed by atoms with Crippen LogP contribution in [0.5, 0.6) is 0 Å². The standard InChI is InChI=1S/C8H7NO.C5H5N/c10-8-5-6-3-1-2-4-7(6)9-8;1-2-4-6-5-3-1/h1-4H,5H2,(H,9,10);1-5H. The fourth-order valence-corrected chi connectivity index (χ4v) is 1.48. The number of anilines is 1. The van der Waals surface area contributed by atoms with E-state index in [1.54, 1.807) is 12.4 Å². The molecule has 0 saturated carbocycles. The topological polar surface area (TPSA) is 42.0 Å². The molecule has 0 aliphatic carbocycles. The van der Waals surface area contributed by atoms with Crippen molar-refractivity contribution in [3.63, 3.8) is 0 Å². The van der Waals surface area contributed by atoms with E-state index in [2.05, 4.69) is 10.3 Å². The van der Waals surface area contributed by atoms with Crippen LogP contribution < -0.4 is 5.32 Å². The van der Waals surface area contributed by atoms with E-state index in [9.17, 15) is 4.79 Å². The van der Waals surface area contributed by atoms with Gasteiger partial charge >= 0.3 is 0 Å². The van der Waals surface area contributed by atoms with Crippen molar-refractivity contribution in [3.05, 3.63) is 60.4 Å². The molecule has 2 aromatic rings. The highest BCUT2D eigenvalue weighted by Crippen LogP contribution is 2.20. The molecule has 1 aromatic heterocycles. The van der Waals surface area contributed by atoms with Gasteiger partial charge in [-0.2, -0.15) is 0 Å². The Morgan fingerprint density at radius 2 is 1.75 bits per heavy atom. The average Bonchev–Trinajstić information content (AvgIpc) is 2.72. The van der Waals surface area contributed by atoms with Crippen LogP contribution in [0.4, 0.5) is 5.69 Å². The zero-order valence-electron chi connectivity index (χ0n) is 8.76. The quantitative estimate of drug-likeness (QED) is 0.727. The first-order valence-corrected chi connectivity index (χ1v) is 5.09. The van der Waals surface area contributed by atoms with Crippen LogP contribution in [0.3, 0.4) is 0 Å². The molecule has 1 aliphatic heterocycles. The van der Waals surface area contributed by atoms with Gasteiger partial charge in [-0.15, -0.1) is 0 Å². The number of carbonyl (C=O) groups is 1. The predicted molar refractivity (Wildman–Crippen MR) is 63.0 cm³/mol. The number of nitrogens with zero attached hydrogens (tertiary/aromatic N) is 1. The molecule has 16 heavy (non-hydrogen) atoms. The third-order valence-corrected chi connectivity index (χ3v) is 2.21. The van der Waals surface area contributed by atoms with Gasteiger partial charge in [0.05, 0.1) is 6.42 Å². The van der Waals surface area contributed by atoms with Crippen LogP contribution in [0, 0.1) is 0 Å². The number of fused-ring (bicyclic) bond motifs is 1. The third-order valence-electron chi connectivity index (χ3n) is 2.21. The van der Waals surface area contributed by atoms with E-state index >= 15 is 0 Å². The summed E-state index contributed by atoms with van der Waals surface area (Å²) in [5, 5.41) is 2.76. The molecular formula is C13H12N2O. The van der Waals surface area contributed by atoms with Gasteiger partial charge in [-0.1, -0.05) is 24.3 Å². The van der Waals surface area contributed by atoms with E-state index in [-0.39, 0.29) is 5.91 Å². The Balaban J connectivity index is 0.000000138. The molecule has 1 aromatic carbocycles. The van der Waals surface area contributed by atoms with Crippen LogP contribution >= 0.6 is 0 Å². The molecule has 1 N–H and O–H groups in total. The Morgan fingerprint density at radius 3 is 2.31 bits per heavy atom. The summed E-state index contributed by atoms with van der Waals surface area (Å²) in [6.45, 7) is 0. The van der Waals surface area contributed by atoms with Crippen LogP contribution in [-0.2, 0) is 11.2 Å². The minimum Gasteiger partial charge on any atom is -0.326 e. The van der Waals surface area contributed by atoms with Crippen molar-refractivity contribution in [1.29, 1.82) is 0 Å². The highest BCUT2D eigenvalue weighted by atomic mass is 16.1. The van der Waals surface area contributed by atoms with Crippen molar-refractivity contribution in [3.8, 4) is 0 Å². The minimum absolute atomic E-state index is 0.0983. The summed E-state index contributed by atoms with van der Waals surface area (Å²) in [6, 6.07) is 13.5. The lowest BCUT2D eigenvalue weighted by molar-refractivity contribution is -0.115. The van der Waals surface area contributed by atoms with Crippen molar-refractivity contribution in [1.82, 2.24) is 4.98 Å². The number of rotatable bonds is 0. The van der Waals surface area contributed by atoms with Crippen molar-refractivity contribution >= 4 is 11.6 Å². The lowest BCUT2D eigenvalue weighted by Crippen LogP contribution is -2.03. The maximum Gasteiger partial charge on any atom is 0.228 e. The van der Waals surface area contributed by atoms with E-state index in [1.165, 1.54) is 0 Å².